The van der Waals surface area contributed by atoms with Crippen LogP contribution >= 0.6 is 0 Å². The normalized spacial score (nSPS) is 21.4. The van der Waals surface area contributed by atoms with Gasteiger partial charge in [-0.1, -0.05) is 6.92 Å². The molecule has 1 unspecified atom stereocenters. The Morgan fingerprint density at radius 3 is 2.38 bits per heavy atom. The van der Waals surface area contributed by atoms with Gasteiger partial charge in [-0.2, -0.15) is 0 Å². The van der Waals surface area contributed by atoms with Crippen LogP contribution in [-0.4, -0.2) is 23.4 Å². The quantitative estimate of drug-likeness (QED) is 0.851. The number of carbonyl (C=O) groups excluding carboxylic acids is 2. The highest BCUT2D eigenvalue weighted by Gasteiger charge is 2.46. The van der Waals surface area contributed by atoms with Crippen LogP contribution in [0.2, 0.25) is 0 Å². The SMILES string of the molecule is CCC1C(=O)NC(C)(C)C(=O)N1c1ccc(F)c(F)c1F. The van der Waals surface area contributed by atoms with E-state index in [0.29, 0.717) is 0 Å². The van der Waals surface area contributed by atoms with Crippen molar-refractivity contribution in [1.29, 1.82) is 0 Å². The van der Waals surface area contributed by atoms with Gasteiger partial charge in [0.1, 0.15) is 11.6 Å². The number of carbonyl (C=O) groups is 2. The molecule has 4 nitrogen and oxygen atoms in total. The summed E-state index contributed by atoms with van der Waals surface area (Å²) in [5.74, 6) is -5.55. The van der Waals surface area contributed by atoms with Gasteiger partial charge in [-0.25, -0.2) is 13.2 Å². The molecule has 0 bridgehead atoms. The molecule has 21 heavy (non-hydrogen) atoms. The minimum absolute atomic E-state index is 0.214. The average molecular weight is 300 g/mol. The predicted octanol–water partition coefficient (Wildman–Crippen LogP) is 2.12. The van der Waals surface area contributed by atoms with Crippen molar-refractivity contribution < 1.29 is 22.8 Å². The van der Waals surface area contributed by atoms with E-state index < -0.39 is 46.5 Å². The number of benzene rings is 1. The molecule has 1 N–H and O–H groups in total. The maximum Gasteiger partial charge on any atom is 0.252 e. The van der Waals surface area contributed by atoms with E-state index in [-0.39, 0.29) is 6.42 Å². The molecule has 1 aliphatic rings. The lowest BCUT2D eigenvalue weighted by Crippen LogP contribution is -2.68. The summed E-state index contributed by atoms with van der Waals surface area (Å²) in [4.78, 5) is 25.4. The van der Waals surface area contributed by atoms with Gasteiger partial charge in [0.05, 0.1) is 5.69 Å². The zero-order chi connectivity index (χ0) is 15.9. The Labute approximate surface area is 119 Å². The fourth-order valence-corrected chi connectivity index (χ4v) is 2.35. The smallest absolute Gasteiger partial charge is 0.252 e. The van der Waals surface area contributed by atoms with Gasteiger partial charge < -0.3 is 5.32 Å². The summed E-state index contributed by atoms with van der Waals surface area (Å²) in [6.07, 6.45) is 0.214. The molecule has 1 atom stereocenters. The van der Waals surface area contributed by atoms with Gasteiger partial charge in [-0.15, -0.1) is 0 Å². The molecular weight excluding hydrogens is 285 g/mol. The van der Waals surface area contributed by atoms with Crippen LogP contribution < -0.4 is 10.2 Å². The first-order chi connectivity index (χ1) is 9.70. The van der Waals surface area contributed by atoms with E-state index in [1.807, 2.05) is 0 Å². The minimum Gasteiger partial charge on any atom is -0.340 e. The fourth-order valence-electron chi connectivity index (χ4n) is 2.35. The van der Waals surface area contributed by atoms with E-state index in [4.69, 9.17) is 0 Å². The Morgan fingerprint density at radius 1 is 1.19 bits per heavy atom. The first kappa shape index (κ1) is 15.3. The third-order valence-corrected chi connectivity index (χ3v) is 3.46. The molecule has 1 saturated heterocycles. The first-order valence-electron chi connectivity index (χ1n) is 6.50. The molecule has 0 aromatic heterocycles. The minimum atomic E-state index is -1.67. The summed E-state index contributed by atoms with van der Waals surface area (Å²) >= 11 is 0. The topological polar surface area (TPSA) is 49.4 Å². The molecule has 1 aliphatic heterocycles. The molecule has 0 aliphatic carbocycles. The Balaban J connectivity index is 2.60. The molecule has 1 aromatic rings. The zero-order valence-corrected chi connectivity index (χ0v) is 11.8. The molecule has 0 spiro atoms. The van der Waals surface area contributed by atoms with E-state index in [9.17, 15) is 22.8 Å². The highest BCUT2D eigenvalue weighted by Crippen LogP contribution is 2.30. The fraction of sp³-hybridized carbons (Fsp3) is 0.429. The summed E-state index contributed by atoms with van der Waals surface area (Å²) in [7, 11) is 0. The maximum atomic E-state index is 14.0. The van der Waals surface area contributed by atoms with E-state index in [0.717, 1.165) is 17.0 Å². The zero-order valence-electron chi connectivity index (χ0n) is 11.8. The maximum absolute atomic E-state index is 14.0. The number of nitrogens with zero attached hydrogens (tertiary/aromatic N) is 1. The van der Waals surface area contributed by atoms with Crippen LogP contribution in [0.4, 0.5) is 18.9 Å². The predicted molar refractivity (Wildman–Crippen MR) is 70.1 cm³/mol. The van der Waals surface area contributed by atoms with Gasteiger partial charge in [0, 0.05) is 0 Å². The van der Waals surface area contributed by atoms with Crippen LogP contribution in [0.3, 0.4) is 0 Å². The Bertz CT molecular complexity index is 616. The highest BCUT2D eigenvalue weighted by molar-refractivity contribution is 6.10. The summed E-state index contributed by atoms with van der Waals surface area (Å²) in [6.45, 7) is 4.56. The van der Waals surface area contributed by atoms with Gasteiger partial charge in [0.15, 0.2) is 17.5 Å². The number of amides is 2. The molecule has 1 heterocycles. The standard InChI is InChI=1S/C14H15F3N2O2/c1-4-8-12(20)18-14(2,3)13(21)19(8)9-6-5-7(15)10(16)11(9)17/h5-6,8H,4H2,1-3H3,(H,18,20). The van der Waals surface area contributed by atoms with Crippen LogP contribution in [0, 0.1) is 17.5 Å². The molecule has 2 rings (SSSR count). The van der Waals surface area contributed by atoms with Gasteiger partial charge in [-0.3, -0.25) is 14.5 Å². The Hall–Kier alpha value is -2.05. The molecule has 0 radical (unpaired) electrons. The number of hydrogen-bond donors (Lipinski definition) is 1. The number of anilines is 1. The summed E-state index contributed by atoms with van der Waals surface area (Å²) in [5.41, 5.74) is -1.69. The third kappa shape index (κ3) is 2.36. The Kier molecular flexibility index (Phi) is 3.69. The van der Waals surface area contributed by atoms with Crippen LogP contribution in [0.15, 0.2) is 12.1 Å². The molecule has 7 heteroatoms. The molecule has 114 valence electrons. The molecule has 2 amide bonds. The second kappa shape index (κ2) is 5.05. The molecule has 0 saturated carbocycles. The van der Waals surface area contributed by atoms with Gasteiger partial charge in [-0.05, 0) is 32.4 Å². The first-order valence-corrected chi connectivity index (χ1v) is 6.50. The van der Waals surface area contributed by atoms with Crippen LogP contribution in [0.1, 0.15) is 27.2 Å². The largest absolute Gasteiger partial charge is 0.340 e. The third-order valence-electron chi connectivity index (χ3n) is 3.46. The summed E-state index contributed by atoms with van der Waals surface area (Å²) in [5, 5.41) is 2.53. The van der Waals surface area contributed by atoms with Gasteiger partial charge in [0.25, 0.3) is 5.91 Å². The average Bonchev–Trinajstić information content (AvgIpc) is 2.40. The van der Waals surface area contributed by atoms with E-state index >= 15 is 0 Å². The lowest BCUT2D eigenvalue weighted by atomic mass is 9.95. The van der Waals surface area contributed by atoms with Crippen molar-refractivity contribution in [2.24, 2.45) is 0 Å². The van der Waals surface area contributed by atoms with E-state index in [1.54, 1.807) is 6.92 Å². The van der Waals surface area contributed by atoms with E-state index in [1.165, 1.54) is 13.8 Å². The number of halogens is 3. The number of nitrogens with one attached hydrogen (secondary N) is 1. The van der Waals surface area contributed by atoms with E-state index in [2.05, 4.69) is 5.32 Å². The van der Waals surface area contributed by atoms with Gasteiger partial charge in [0.2, 0.25) is 5.91 Å². The van der Waals surface area contributed by atoms with Crippen molar-refractivity contribution in [1.82, 2.24) is 5.32 Å². The number of piperazine rings is 1. The molecular formula is C14H15F3N2O2. The van der Waals surface area contributed by atoms with Crippen LogP contribution in [0.5, 0.6) is 0 Å². The molecule has 1 aromatic carbocycles. The number of rotatable bonds is 2. The number of hydrogen-bond acceptors (Lipinski definition) is 2. The van der Waals surface area contributed by atoms with Crippen molar-refractivity contribution in [3.05, 3.63) is 29.6 Å². The summed E-state index contributed by atoms with van der Waals surface area (Å²) in [6, 6.07) is 0.723. The Morgan fingerprint density at radius 2 is 1.81 bits per heavy atom. The highest BCUT2D eigenvalue weighted by atomic mass is 19.2. The van der Waals surface area contributed by atoms with Crippen molar-refractivity contribution in [2.75, 3.05) is 4.90 Å². The van der Waals surface area contributed by atoms with Crippen LogP contribution in [0.25, 0.3) is 0 Å². The molecule has 1 fully saturated rings. The van der Waals surface area contributed by atoms with Crippen molar-refractivity contribution in [2.45, 2.75) is 38.8 Å². The lowest BCUT2D eigenvalue weighted by Gasteiger charge is -2.42. The van der Waals surface area contributed by atoms with Crippen LogP contribution in [-0.2, 0) is 9.59 Å². The summed E-state index contributed by atoms with van der Waals surface area (Å²) < 4.78 is 40.4. The second-order valence-electron chi connectivity index (χ2n) is 5.41. The van der Waals surface area contributed by atoms with Gasteiger partial charge >= 0.3 is 0 Å². The van der Waals surface area contributed by atoms with Crippen molar-refractivity contribution in [3.63, 3.8) is 0 Å². The monoisotopic (exact) mass is 300 g/mol. The van der Waals surface area contributed by atoms with Crippen molar-refractivity contribution >= 4 is 17.5 Å². The van der Waals surface area contributed by atoms with Crippen molar-refractivity contribution in [3.8, 4) is 0 Å². The lowest BCUT2D eigenvalue weighted by molar-refractivity contribution is -0.137. The second-order valence-corrected chi connectivity index (χ2v) is 5.41.